The minimum atomic E-state index is -1.03. The number of fused-ring (bicyclic) bond motifs is 2. The summed E-state index contributed by atoms with van der Waals surface area (Å²) in [6.45, 7) is 0.798. The molecule has 2 aliphatic carbocycles. The lowest BCUT2D eigenvalue weighted by molar-refractivity contribution is 0.00626. The first-order valence-corrected chi connectivity index (χ1v) is 22.3. The molecule has 2 saturated carbocycles. The fourth-order valence-corrected chi connectivity index (χ4v) is 10.8. The van der Waals surface area contributed by atoms with Crippen molar-refractivity contribution in [3.05, 3.63) is 101 Å². The highest BCUT2D eigenvalue weighted by molar-refractivity contribution is 7.18. The molecule has 0 radical (unpaired) electrons. The van der Waals surface area contributed by atoms with Crippen molar-refractivity contribution in [2.75, 3.05) is 23.7 Å². The van der Waals surface area contributed by atoms with E-state index in [4.69, 9.17) is 33.7 Å². The van der Waals surface area contributed by atoms with Crippen molar-refractivity contribution < 1.29 is 29.1 Å². The van der Waals surface area contributed by atoms with E-state index in [-0.39, 0.29) is 46.9 Å². The summed E-state index contributed by atoms with van der Waals surface area (Å²) in [6.07, 6.45) is 7.80. The van der Waals surface area contributed by atoms with Crippen LogP contribution in [-0.2, 0) is 0 Å². The predicted octanol–water partition coefficient (Wildman–Crippen LogP) is 9.79. The Hall–Kier alpha value is -5.09. The van der Waals surface area contributed by atoms with Gasteiger partial charge in [0.1, 0.15) is 0 Å². The Morgan fingerprint density at radius 2 is 1.20 bits per heavy atom. The van der Waals surface area contributed by atoms with Crippen LogP contribution in [0.25, 0.3) is 0 Å². The monoisotopic (exact) mass is 884 g/mol. The predicted molar refractivity (Wildman–Crippen MR) is 230 cm³/mol. The van der Waals surface area contributed by atoms with Crippen molar-refractivity contribution >= 4 is 86.8 Å². The highest BCUT2D eigenvalue weighted by Crippen LogP contribution is 2.40. The standard InChI is InChI=1S/C22H22ClN3O3S.C22H20ClN3O3S/c2*23-18-8-7-17(30-18)20(27)25-16-6-2-5-15-19(16)22(29)26(21(15)28)12-14-4-1-3-13(11-14)9-10-24/h2,5-8,13-14,21,28H,1,3-4,9,11-12H2,(H,25,27);2,5-8,13-14H,1,3-4,9,11-12H2,(H,25,27). The van der Waals surface area contributed by atoms with Gasteiger partial charge in [0.25, 0.3) is 29.5 Å². The topological polar surface area (TPSA) is 184 Å². The maximum Gasteiger partial charge on any atom is 0.265 e. The lowest BCUT2D eigenvalue weighted by Gasteiger charge is -2.32. The smallest absolute Gasteiger partial charge is 0.265 e. The molecule has 5 unspecified atom stereocenters. The fourth-order valence-electron chi connectivity index (χ4n) is 8.88. The molecule has 8 rings (SSSR count). The number of aliphatic hydroxyl groups excluding tert-OH is 1. The third kappa shape index (κ3) is 9.44. The average molecular weight is 886 g/mol. The molecule has 3 N–H and O–H groups in total. The van der Waals surface area contributed by atoms with E-state index < -0.39 is 6.23 Å². The lowest BCUT2D eigenvalue weighted by Crippen LogP contribution is -2.36. The molecule has 5 atom stereocenters. The van der Waals surface area contributed by atoms with Crippen LogP contribution >= 0.6 is 45.9 Å². The zero-order valence-corrected chi connectivity index (χ0v) is 35.6. The molecule has 0 bridgehead atoms. The second kappa shape index (κ2) is 19.1. The van der Waals surface area contributed by atoms with Gasteiger partial charge in [-0.05, 0) is 105 Å². The molecule has 12 nitrogen and oxygen atoms in total. The molecule has 4 aliphatic rings. The maximum absolute atomic E-state index is 13.2. The van der Waals surface area contributed by atoms with E-state index >= 15 is 0 Å². The van der Waals surface area contributed by atoms with Crippen LogP contribution in [0.2, 0.25) is 8.67 Å². The molecule has 2 fully saturated rings. The molecule has 0 saturated heterocycles. The second-order valence-corrected chi connectivity index (χ2v) is 19.1. The van der Waals surface area contributed by atoms with Gasteiger partial charge in [-0.25, -0.2) is 0 Å². The Bertz CT molecular complexity index is 2400. The number of halogens is 2. The Balaban J connectivity index is 0.000000181. The molecule has 310 valence electrons. The molecule has 5 amide bonds. The van der Waals surface area contributed by atoms with Gasteiger partial charge in [-0.3, -0.25) is 28.9 Å². The summed E-state index contributed by atoms with van der Waals surface area (Å²) < 4.78 is 1.01. The third-order valence-electron chi connectivity index (χ3n) is 11.7. The number of amides is 5. The first-order chi connectivity index (χ1) is 28.9. The number of carbonyl (C=O) groups is 5. The van der Waals surface area contributed by atoms with E-state index in [9.17, 15) is 29.1 Å². The highest BCUT2D eigenvalue weighted by Gasteiger charge is 2.41. The first-order valence-electron chi connectivity index (χ1n) is 19.9. The first kappa shape index (κ1) is 43.0. The Morgan fingerprint density at radius 3 is 1.73 bits per heavy atom. The molecule has 0 spiro atoms. The van der Waals surface area contributed by atoms with Gasteiger partial charge in [0.2, 0.25) is 0 Å². The number of nitriles is 2. The Morgan fingerprint density at radius 1 is 0.683 bits per heavy atom. The van der Waals surface area contributed by atoms with Gasteiger partial charge >= 0.3 is 0 Å². The Labute approximate surface area is 365 Å². The number of hydrogen-bond acceptors (Lipinski definition) is 10. The molecule has 16 heteroatoms. The highest BCUT2D eigenvalue weighted by atomic mass is 35.5. The van der Waals surface area contributed by atoms with Gasteiger partial charge in [-0.2, -0.15) is 10.5 Å². The van der Waals surface area contributed by atoms with E-state index in [1.807, 2.05) is 0 Å². The second-order valence-electron chi connectivity index (χ2n) is 15.7. The van der Waals surface area contributed by atoms with Crippen molar-refractivity contribution in [2.24, 2.45) is 23.7 Å². The zero-order valence-electron chi connectivity index (χ0n) is 32.5. The summed E-state index contributed by atoms with van der Waals surface area (Å²) in [5.41, 5.74) is 2.11. The van der Waals surface area contributed by atoms with Crippen molar-refractivity contribution in [3.8, 4) is 12.1 Å². The molecular formula is C44H42Cl2N6O6S2. The number of anilines is 2. The van der Waals surface area contributed by atoms with Crippen molar-refractivity contribution in [3.63, 3.8) is 0 Å². The minimum Gasteiger partial charge on any atom is -0.369 e. The van der Waals surface area contributed by atoms with Crippen molar-refractivity contribution in [1.82, 2.24) is 9.80 Å². The molecule has 2 aromatic carbocycles. The normalized spacial score (nSPS) is 21.9. The van der Waals surface area contributed by atoms with Crippen LogP contribution < -0.4 is 10.6 Å². The number of rotatable bonds is 10. The average Bonchev–Trinajstić information content (AvgIpc) is 3.99. The number of aliphatic hydroxyl groups is 1. The lowest BCUT2D eigenvalue weighted by atomic mass is 9.80. The number of carbonyl (C=O) groups excluding carboxylic acids is 5. The minimum absolute atomic E-state index is 0.200. The summed E-state index contributed by atoms with van der Waals surface area (Å²) >= 11 is 14.1. The van der Waals surface area contributed by atoms with Crippen molar-refractivity contribution in [1.29, 1.82) is 10.5 Å². The summed E-state index contributed by atoms with van der Waals surface area (Å²) in [4.78, 5) is 67.9. The number of nitrogens with one attached hydrogen (secondary N) is 2. The summed E-state index contributed by atoms with van der Waals surface area (Å²) in [5, 5.41) is 34.3. The van der Waals surface area contributed by atoms with Crippen LogP contribution in [0.5, 0.6) is 0 Å². The SMILES string of the molecule is N#CCC1CCCC(CN2C(=O)c3c(NC(=O)c4ccc(Cl)s4)cccc3C2O)C1.N#CCC1CCCC(CN2C(=O)c3cccc(NC(=O)c4ccc(Cl)s4)c3C2=O)C1. The van der Waals surface area contributed by atoms with Gasteiger partial charge in [0, 0.05) is 31.5 Å². The van der Waals surface area contributed by atoms with E-state index in [0.717, 1.165) is 74.0 Å². The number of hydrogen-bond donors (Lipinski definition) is 3. The largest absolute Gasteiger partial charge is 0.369 e. The molecular weight excluding hydrogens is 844 g/mol. The van der Waals surface area contributed by atoms with Gasteiger partial charge in [0.05, 0.1) is 58.6 Å². The molecule has 4 heterocycles. The quantitative estimate of drug-likeness (QED) is 0.132. The fraction of sp³-hybridized carbons (Fsp3) is 0.386. The van der Waals surface area contributed by atoms with Crippen LogP contribution in [0.15, 0.2) is 60.7 Å². The maximum atomic E-state index is 13.2. The number of nitrogens with zero attached hydrogens (tertiary/aromatic N) is 4. The van der Waals surface area contributed by atoms with Gasteiger partial charge < -0.3 is 20.6 Å². The van der Waals surface area contributed by atoms with Crippen LogP contribution in [0, 0.1) is 46.3 Å². The van der Waals surface area contributed by atoms with E-state index in [2.05, 4.69) is 22.8 Å². The van der Waals surface area contributed by atoms with Gasteiger partial charge in [0.15, 0.2) is 6.23 Å². The van der Waals surface area contributed by atoms with Gasteiger partial charge in [-0.1, -0.05) is 54.2 Å². The van der Waals surface area contributed by atoms with Crippen LogP contribution in [0.1, 0.15) is 126 Å². The molecule has 2 aliphatic heterocycles. The number of imide groups is 1. The van der Waals surface area contributed by atoms with E-state index in [1.165, 1.54) is 9.80 Å². The van der Waals surface area contributed by atoms with Gasteiger partial charge in [-0.15, -0.1) is 22.7 Å². The summed E-state index contributed by atoms with van der Waals surface area (Å²) in [7, 11) is 0. The number of benzene rings is 2. The zero-order chi connectivity index (χ0) is 42.5. The van der Waals surface area contributed by atoms with Crippen LogP contribution in [0.3, 0.4) is 0 Å². The summed E-state index contributed by atoms with van der Waals surface area (Å²) in [5.74, 6) is -0.541. The molecule has 60 heavy (non-hydrogen) atoms. The molecule has 4 aromatic rings. The van der Waals surface area contributed by atoms with Crippen LogP contribution in [0.4, 0.5) is 11.4 Å². The number of thiophene rings is 2. The van der Waals surface area contributed by atoms with E-state index in [0.29, 0.717) is 84.3 Å². The van der Waals surface area contributed by atoms with Crippen LogP contribution in [-0.4, -0.2) is 57.5 Å². The third-order valence-corrected chi connectivity index (χ3v) is 14.1. The van der Waals surface area contributed by atoms with E-state index in [1.54, 1.807) is 60.7 Å². The van der Waals surface area contributed by atoms with Crippen molar-refractivity contribution in [2.45, 2.75) is 70.4 Å². The summed E-state index contributed by atoms with van der Waals surface area (Å²) in [6, 6.07) is 21.0. The Kier molecular flexibility index (Phi) is 13.7. The molecule has 2 aromatic heterocycles.